The zero-order valence-electron chi connectivity index (χ0n) is 50.5. The average molecular weight is 1130 g/mol. The van der Waals surface area contributed by atoms with Crippen LogP contribution < -0.4 is 0 Å². The van der Waals surface area contributed by atoms with E-state index in [0.29, 0.717) is 25.7 Å². The Morgan fingerprint density at radius 2 is 0.778 bits per heavy atom. The number of carboxylic acid groups (broad SMARTS) is 1. The largest absolute Gasteiger partial charge is 0.479 e. The van der Waals surface area contributed by atoms with E-state index in [9.17, 15) is 34.5 Å². The molecule has 0 spiro atoms. The number of ether oxygens (including phenoxy) is 5. The maximum atomic E-state index is 13.2. The lowest BCUT2D eigenvalue weighted by Crippen LogP contribution is -2.61. The van der Waals surface area contributed by atoms with Crippen molar-refractivity contribution in [3.05, 3.63) is 122 Å². The summed E-state index contributed by atoms with van der Waals surface area (Å²) in [4.78, 5) is 51.3. The first kappa shape index (κ1) is 74.1. The predicted octanol–water partition coefficient (Wildman–Crippen LogP) is 16.8. The van der Waals surface area contributed by atoms with Gasteiger partial charge < -0.3 is 39.0 Å². The number of aliphatic hydroxyl groups is 2. The van der Waals surface area contributed by atoms with Crippen LogP contribution in [0.5, 0.6) is 0 Å². The molecule has 1 heterocycles. The summed E-state index contributed by atoms with van der Waals surface area (Å²) in [5.41, 5.74) is 0. The average Bonchev–Trinajstić information content (AvgIpc) is 3.53. The van der Waals surface area contributed by atoms with Gasteiger partial charge in [0.15, 0.2) is 24.6 Å². The van der Waals surface area contributed by atoms with Crippen molar-refractivity contribution in [2.45, 2.75) is 276 Å². The molecule has 1 aliphatic rings. The van der Waals surface area contributed by atoms with Gasteiger partial charge in [-0.1, -0.05) is 213 Å². The van der Waals surface area contributed by atoms with Crippen molar-refractivity contribution in [1.82, 2.24) is 0 Å². The molecule has 0 aliphatic carbocycles. The molecule has 0 radical (unpaired) electrons. The number of rotatable bonds is 52. The van der Waals surface area contributed by atoms with Crippen molar-refractivity contribution in [2.24, 2.45) is 0 Å². The molecule has 1 fully saturated rings. The molecule has 0 aromatic rings. The van der Waals surface area contributed by atoms with Gasteiger partial charge in [0.05, 0.1) is 6.61 Å². The van der Waals surface area contributed by atoms with Crippen molar-refractivity contribution >= 4 is 23.9 Å². The van der Waals surface area contributed by atoms with E-state index in [-0.39, 0.29) is 25.9 Å². The fraction of sp³-hybridized carbons (Fsp3) is 0.652. The highest BCUT2D eigenvalue weighted by atomic mass is 16.7. The van der Waals surface area contributed by atoms with Crippen LogP contribution in [0.1, 0.15) is 239 Å². The van der Waals surface area contributed by atoms with Gasteiger partial charge >= 0.3 is 23.9 Å². The van der Waals surface area contributed by atoms with Crippen molar-refractivity contribution in [3.63, 3.8) is 0 Å². The van der Waals surface area contributed by atoms with E-state index in [4.69, 9.17) is 23.7 Å². The van der Waals surface area contributed by atoms with Gasteiger partial charge in [0.1, 0.15) is 18.8 Å². The number of aliphatic carboxylic acids is 1. The summed E-state index contributed by atoms with van der Waals surface area (Å²) in [6.07, 6.45) is 64.5. The Bertz CT molecular complexity index is 1870. The fourth-order valence-corrected chi connectivity index (χ4v) is 8.73. The maximum absolute atomic E-state index is 13.2. The van der Waals surface area contributed by atoms with E-state index in [1.165, 1.54) is 57.8 Å². The van der Waals surface area contributed by atoms with Crippen LogP contribution in [-0.2, 0) is 42.9 Å². The van der Waals surface area contributed by atoms with Gasteiger partial charge in [-0.2, -0.15) is 0 Å². The summed E-state index contributed by atoms with van der Waals surface area (Å²) in [5, 5.41) is 31.5. The Morgan fingerprint density at radius 3 is 1.23 bits per heavy atom. The van der Waals surface area contributed by atoms with Crippen molar-refractivity contribution in [1.29, 1.82) is 0 Å². The summed E-state index contributed by atoms with van der Waals surface area (Å²) in [6.45, 7) is 5.71. The number of carboxylic acids is 1. The predicted molar refractivity (Wildman–Crippen MR) is 330 cm³/mol. The van der Waals surface area contributed by atoms with Crippen molar-refractivity contribution < 1.29 is 58.2 Å². The minimum atomic E-state index is -1.93. The van der Waals surface area contributed by atoms with E-state index >= 15 is 0 Å². The van der Waals surface area contributed by atoms with Gasteiger partial charge in [0.2, 0.25) is 0 Å². The molecule has 3 N–H and O–H groups in total. The molecule has 1 saturated heterocycles. The Morgan fingerprint density at radius 1 is 0.420 bits per heavy atom. The molecule has 6 unspecified atom stereocenters. The van der Waals surface area contributed by atoms with E-state index in [1.807, 2.05) is 0 Å². The van der Waals surface area contributed by atoms with Crippen molar-refractivity contribution in [3.8, 4) is 0 Å². The zero-order chi connectivity index (χ0) is 58.9. The smallest absolute Gasteiger partial charge is 0.335 e. The molecule has 0 aromatic heterocycles. The van der Waals surface area contributed by atoms with Crippen LogP contribution in [0.3, 0.4) is 0 Å². The first-order chi connectivity index (χ1) is 39.6. The summed E-state index contributed by atoms with van der Waals surface area (Å²) in [5.74, 6) is -3.23. The Hall–Kier alpha value is -4.88. The van der Waals surface area contributed by atoms with Gasteiger partial charge in [-0.3, -0.25) is 14.4 Å². The standard InChI is InChI=1S/C69H110O12/c1-4-7-10-13-16-19-22-25-28-30-31-33-35-37-40-43-46-49-52-55-61(70)77-58-60(79-62(71)56-53-50-47-44-41-39-36-32-29-26-23-20-17-14-11-8-5-2)59-78-69-67(65(74)64(73)66(81-69)68(75)76)80-63(72)57-54-51-48-45-42-38-34-27-24-21-18-15-12-9-6-3/h7,9-10,12,16,18-19,21,25-29,31,33-34,37,40,42,45,60,64-67,69,73-74H,4-6,8,11,13-15,17,20,22-24,30,32,35-36,38-39,41,43-44,46-59H2,1-3H3,(H,75,76)/b10-7-,12-9-,19-16-,21-18-,28-25-,29-26-,33-31-,34-27-,40-37-,45-42-. The Kier molecular flexibility index (Phi) is 50.9. The Balaban J connectivity index is 2.73. The van der Waals surface area contributed by atoms with Crippen molar-refractivity contribution in [2.75, 3.05) is 13.2 Å². The monoisotopic (exact) mass is 1130 g/mol. The molecule has 0 saturated carbocycles. The van der Waals surface area contributed by atoms with Crippen LogP contribution in [0.15, 0.2) is 122 Å². The molecule has 0 bridgehead atoms. The third-order valence-corrected chi connectivity index (χ3v) is 13.5. The van der Waals surface area contributed by atoms with Gasteiger partial charge in [-0.15, -0.1) is 0 Å². The number of unbranched alkanes of at least 4 members (excludes halogenated alkanes) is 18. The number of aliphatic hydroxyl groups excluding tert-OH is 2. The lowest BCUT2D eigenvalue weighted by atomic mass is 9.98. The van der Waals surface area contributed by atoms with Gasteiger partial charge in [-0.25, -0.2) is 4.79 Å². The van der Waals surface area contributed by atoms with Crippen LogP contribution >= 0.6 is 0 Å². The second kappa shape index (κ2) is 55.6. The molecule has 12 heteroatoms. The van der Waals surface area contributed by atoms with Gasteiger partial charge in [-0.05, 0) is 128 Å². The first-order valence-corrected chi connectivity index (χ1v) is 31.5. The van der Waals surface area contributed by atoms with Crippen LogP contribution in [0.25, 0.3) is 0 Å². The van der Waals surface area contributed by atoms with E-state index < -0.39 is 67.3 Å². The summed E-state index contributed by atoms with van der Waals surface area (Å²) < 4.78 is 28.4. The minimum absolute atomic E-state index is 0.00150. The number of hydrogen-bond acceptors (Lipinski definition) is 11. The number of carbonyl (C=O) groups is 4. The molecule has 12 nitrogen and oxygen atoms in total. The van der Waals surface area contributed by atoms with Gasteiger partial charge in [0.25, 0.3) is 0 Å². The van der Waals surface area contributed by atoms with Crippen LogP contribution in [-0.4, -0.2) is 89.2 Å². The minimum Gasteiger partial charge on any atom is -0.479 e. The third-order valence-electron chi connectivity index (χ3n) is 13.5. The highest BCUT2D eigenvalue weighted by molar-refractivity contribution is 5.74. The molecule has 0 aromatic carbocycles. The third kappa shape index (κ3) is 45.3. The normalized spacial score (nSPS) is 18.6. The maximum Gasteiger partial charge on any atom is 0.335 e. The number of allylic oxidation sites excluding steroid dienone is 20. The first-order valence-electron chi connectivity index (χ1n) is 31.5. The lowest BCUT2D eigenvalue weighted by molar-refractivity contribution is -0.301. The molecule has 0 amide bonds. The molecular formula is C69H110O12. The molecule has 81 heavy (non-hydrogen) atoms. The lowest BCUT2D eigenvalue weighted by Gasteiger charge is -2.40. The molecule has 1 aliphatic heterocycles. The summed E-state index contributed by atoms with van der Waals surface area (Å²) in [6, 6.07) is 0. The number of esters is 3. The second-order valence-corrected chi connectivity index (χ2v) is 20.9. The van der Waals surface area contributed by atoms with E-state index in [1.54, 1.807) is 0 Å². The summed E-state index contributed by atoms with van der Waals surface area (Å²) >= 11 is 0. The van der Waals surface area contributed by atoms with Crippen LogP contribution in [0.2, 0.25) is 0 Å². The Labute approximate surface area is 490 Å². The van der Waals surface area contributed by atoms with Crippen LogP contribution in [0.4, 0.5) is 0 Å². The fourth-order valence-electron chi connectivity index (χ4n) is 8.73. The zero-order valence-corrected chi connectivity index (χ0v) is 50.5. The SMILES string of the molecule is CC/C=C\C/C=C\C/C=C\C/C=C\C/C=C\CCCCCC(=O)OCC(COC1OC(C(=O)O)C(O)C(O)C1OC(=O)CCCC/C=C\C/C=C\C/C=C\C/C=C\CC)OC(=O)CCCCCCCCC/C=C\CCCCCCCC. The molecule has 1 rings (SSSR count). The topological polar surface area (TPSA) is 175 Å². The van der Waals surface area contributed by atoms with E-state index in [0.717, 1.165) is 116 Å². The second-order valence-electron chi connectivity index (χ2n) is 20.9. The highest BCUT2D eigenvalue weighted by Crippen LogP contribution is 2.26. The van der Waals surface area contributed by atoms with Crippen LogP contribution in [0, 0.1) is 0 Å². The molecule has 6 atom stereocenters. The summed E-state index contributed by atoms with van der Waals surface area (Å²) in [7, 11) is 0. The molecule has 458 valence electrons. The van der Waals surface area contributed by atoms with Gasteiger partial charge in [0, 0.05) is 19.3 Å². The number of carbonyl (C=O) groups excluding carboxylic acids is 3. The molecular weight excluding hydrogens is 1020 g/mol. The van der Waals surface area contributed by atoms with E-state index in [2.05, 4.69) is 142 Å². The highest BCUT2D eigenvalue weighted by Gasteiger charge is 2.50. The number of hydrogen-bond donors (Lipinski definition) is 3. The quantitative estimate of drug-likeness (QED) is 0.0228.